The normalized spacial score (nSPS) is 13.3. The zero-order valence-corrected chi connectivity index (χ0v) is 22.1. The lowest BCUT2D eigenvalue weighted by atomic mass is 10.0. The van der Waals surface area contributed by atoms with Gasteiger partial charge in [-0.25, -0.2) is 9.78 Å². The molecule has 0 aliphatic carbocycles. The third-order valence-corrected chi connectivity index (χ3v) is 6.52. The lowest BCUT2D eigenvalue weighted by Gasteiger charge is -2.28. The highest BCUT2D eigenvalue weighted by molar-refractivity contribution is 14.1. The molecule has 0 amide bonds. The molecule has 9 nitrogen and oxygen atoms in total. The molecule has 0 N–H and O–H groups in total. The van der Waals surface area contributed by atoms with Crippen LogP contribution >= 0.6 is 22.6 Å². The molecule has 0 atom stereocenters. The minimum Gasteiger partial charge on any atom is -0.472 e. The Bertz CT molecular complexity index is 1430. The van der Waals surface area contributed by atoms with E-state index in [0.29, 0.717) is 33.8 Å². The number of nitrogens with zero attached hydrogens (tertiary/aromatic N) is 3. The van der Waals surface area contributed by atoms with Crippen molar-refractivity contribution < 1.29 is 27.8 Å². The summed E-state index contributed by atoms with van der Waals surface area (Å²) in [4.78, 5) is 19.1. The van der Waals surface area contributed by atoms with Gasteiger partial charge >= 0.3 is 5.97 Å². The molecular formula is C27H22IN3O6. The summed E-state index contributed by atoms with van der Waals surface area (Å²) in [6, 6.07) is 15.6. The molecule has 10 heteroatoms. The number of rotatable bonds is 7. The molecule has 1 saturated heterocycles. The Hall–Kier alpha value is -3.82. The summed E-state index contributed by atoms with van der Waals surface area (Å²) in [7, 11) is 1.28. The summed E-state index contributed by atoms with van der Waals surface area (Å²) in [5.74, 6) is -0.418. The van der Waals surface area contributed by atoms with E-state index in [0.717, 1.165) is 29.9 Å². The molecule has 37 heavy (non-hydrogen) atoms. The van der Waals surface area contributed by atoms with Gasteiger partial charge in [0.15, 0.2) is 3.77 Å². The molecule has 0 saturated carbocycles. The van der Waals surface area contributed by atoms with E-state index in [1.54, 1.807) is 24.7 Å². The lowest BCUT2D eigenvalue weighted by Crippen LogP contribution is -2.36. The fourth-order valence-corrected chi connectivity index (χ4v) is 4.70. The molecule has 0 radical (unpaired) electrons. The third-order valence-electron chi connectivity index (χ3n) is 5.98. The molecule has 188 valence electrons. The second-order valence-corrected chi connectivity index (χ2v) is 9.25. The number of benzene rings is 1. The highest BCUT2D eigenvalue weighted by Gasteiger charge is 2.22. The number of nitriles is 1. The Balaban J connectivity index is 1.51. The largest absolute Gasteiger partial charge is 0.472 e. The SMILES string of the molecule is COC(=O)c1oc(I)cc1COc1nc(-c2ccc(N3CCOCC3)cc2)cc(-c2ccoc2)c1C#N. The van der Waals surface area contributed by atoms with Gasteiger partial charge in [-0.3, -0.25) is 0 Å². The summed E-state index contributed by atoms with van der Waals surface area (Å²) in [5.41, 5.74) is 4.71. The van der Waals surface area contributed by atoms with Crippen molar-refractivity contribution in [1.29, 1.82) is 5.26 Å². The molecule has 0 spiro atoms. The number of esters is 1. The van der Waals surface area contributed by atoms with Gasteiger partial charge in [0, 0.05) is 41.0 Å². The topological polar surface area (TPSA) is 111 Å². The summed E-state index contributed by atoms with van der Waals surface area (Å²) in [5, 5.41) is 10.0. The Morgan fingerprint density at radius 1 is 1.16 bits per heavy atom. The van der Waals surface area contributed by atoms with Crippen LogP contribution in [0.2, 0.25) is 0 Å². The number of furan rings is 2. The van der Waals surface area contributed by atoms with Gasteiger partial charge in [-0.2, -0.15) is 5.26 Å². The van der Waals surface area contributed by atoms with Crippen molar-refractivity contribution in [3.8, 4) is 34.3 Å². The van der Waals surface area contributed by atoms with Gasteiger partial charge < -0.3 is 27.9 Å². The Kier molecular flexibility index (Phi) is 7.43. The smallest absolute Gasteiger partial charge is 0.374 e. The first-order chi connectivity index (χ1) is 18.1. The van der Waals surface area contributed by atoms with Crippen LogP contribution in [-0.4, -0.2) is 44.4 Å². The standard InChI is InChI=1S/C27H22IN3O6/c1-33-27(32)25-19(12-24(28)37-25)16-36-26-22(14-29)21(18-6-9-35-15-18)13-23(30-26)17-2-4-20(5-3-17)31-7-10-34-11-8-31/h2-6,9,12-13,15H,7-8,10-11,16H2,1H3. The number of hydrogen-bond acceptors (Lipinski definition) is 9. The van der Waals surface area contributed by atoms with Crippen molar-refractivity contribution >= 4 is 34.2 Å². The van der Waals surface area contributed by atoms with Gasteiger partial charge in [0.2, 0.25) is 11.6 Å². The minimum atomic E-state index is -0.608. The molecule has 0 unspecified atom stereocenters. The van der Waals surface area contributed by atoms with Crippen molar-refractivity contribution in [1.82, 2.24) is 4.98 Å². The van der Waals surface area contributed by atoms with Gasteiger partial charge in [0.1, 0.15) is 18.2 Å². The third kappa shape index (κ3) is 5.33. The Labute approximate surface area is 226 Å². The Morgan fingerprint density at radius 3 is 2.62 bits per heavy atom. The fourth-order valence-electron chi connectivity index (χ4n) is 4.11. The van der Waals surface area contributed by atoms with Crippen LogP contribution < -0.4 is 9.64 Å². The lowest BCUT2D eigenvalue weighted by molar-refractivity contribution is 0.0559. The molecule has 3 aromatic heterocycles. The fraction of sp³-hybridized carbons (Fsp3) is 0.222. The van der Waals surface area contributed by atoms with Crippen LogP contribution in [0, 0.1) is 15.1 Å². The maximum absolute atomic E-state index is 12.1. The number of carbonyl (C=O) groups excluding carboxylic acids is 1. The quantitative estimate of drug-likeness (QED) is 0.204. The number of carbonyl (C=O) groups is 1. The molecule has 4 heterocycles. The van der Waals surface area contributed by atoms with E-state index in [-0.39, 0.29) is 23.8 Å². The second kappa shape index (κ2) is 11.1. The molecule has 1 aliphatic heterocycles. The number of ether oxygens (including phenoxy) is 3. The predicted molar refractivity (Wildman–Crippen MR) is 142 cm³/mol. The first kappa shape index (κ1) is 24.9. The maximum atomic E-state index is 12.1. The number of morpholine rings is 1. The van der Waals surface area contributed by atoms with Crippen molar-refractivity contribution in [2.45, 2.75) is 6.61 Å². The van der Waals surface area contributed by atoms with Gasteiger partial charge in [-0.1, -0.05) is 12.1 Å². The van der Waals surface area contributed by atoms with Crippen LogP contribution in [-0.2, 0) is 16.1 Å². The average molecular weight is 611 g/mol. The average Bonchev–Trinajstić information content (AvgIpc) is 3.61. The van der Waals surface area contributed by atoms with E-state index in [1.165, 1.54) is 7.11 Å². The van der Waals surface area contributed by atoms with Crippen LogP contribution in [0.4, 0.5) is 5.69 Å². The maximum Gasteiger partial charge on any atom is 0.374 e. The summed E-state index contributed by atoms with van der Waals surface area (Å²) in [6.45, 7) is 3.07. The van der Waals surface area contributed by atoms with Gasteiger partial charge in [-0.05, 0) is 52.9 Å². The van der Waals surface area contributed by atoms with Crippen LogP contribution in [0.1, 0.15) is 21.7 Å². The van der Waals surface area contributed by atoms with Crippen molar-refractivity contribution in [2.24, 2.45) is 0 Å². The van der Waals surface area contributed by atoms with Gasteiger partial charge in [0.25, 0.3) is 0 Å². The number of aromatic nitrogens is 1. The Morgan fingerprint density at radius 2 is 1.95 bits per heavy atom. The van der Waals surface area contributed by atoms with E-state index in [4.69, 9.17) is 23.0 Å². The number of methoxy groups -OCH3 is 1. The first-order valence-electron chi connectivity index (χ1n) is 11.5. The molecule has 5 rings (SSSR count). The molecule has 1 fully saturated rings. The number of pyridine rings is 1. The molecule has 1 aliphatic rings. The number of hydrogen-bond donors (Lipinski definition) is 0. The zero-order chi connectivity index (χ0) is 25.8. The van der Waals surface area contributed by atoms with Crippen molar-refractivity contribution in [3.63, 3.8) is 0 Å². The van der Waals surface area contributed by atoms with Gasteiger partial charge in [-0.15, -0.1) is 0 Å². The number of anilines is 1. The second-order valence-electron chi connectivity index (χ2n) is 8.19. The van der Waals surface area contributed by atoms with E-state index in [2.05, 4.69) is 28.1 Å². The molecular weight excluding hydrogens is 589 g/mol. The summed E-state index contributed by atoms with van der Waals surface area (Å²) < 4.78 is 27.5. The monoisotopic (exact) mass is 611 g/mol. The first-order valence-corrected chi connectivity index (χ1v) is 12.6. The number of halogens is 1. The van der Waals surface area contributed by atoms with Crippen molar-refractivity contribution in [3.05, 3.63) is 75.6 Å². The van der Waals surface area contributed by atoms with Crippen LogP contribution in [0.15, 0.2) is 63.8 Å². The van der Waals surface area contributed by atoms with Crippen molar-refractivity contribution in [2.75, 3.05) is 38.3 Å². The minimum absolute atomic E-state index is 0.0388. The summed E-state index contributed by atoms with van der Waals surface area (Å²) >= 11 is 1.97. The van der Waals surface area contributed by atoms with E-state index < -0.39 is 5.97 Å². The van der Waals surface area contributed by atoms with Gasteiger partial charge in [0.05, 0.1) is 38.5 Å². The predicted octanol–water partition coefficient (Wildman–Crippen LogP) is 5.28. The molecule has 1 aromatic carbocycles. The van der Waals surface area contributed by atoms with E-state index >= 15 is 0 Å². The molecule has 4 aromatic rings. The zero-order valence-electron chi connectivity index (χ0n) is 19.9. The van der Waals surface area contributed by atoms with E-state index in [1.807, 2.05) is 40.8 Å². The van der Waals surface area contributed by atoms with Crippen LogP contribution in [0.3, 0.4) is 0 Å². The summed E-state index contributed by atoms with van der Waals surface area (Å²) in [6.07, 6.45) is 3.11. The van der Waals surface area contributed by atoms with Crippen LogP contribution in [0.25, 0.3) is 22.4 Å². The molecule has 0 bridgehead atoms. The highest BCUT2D eigenvalue weighted by atomic mass is 127. The van der Waals surface area contributed by atoms with Crippen LogP contribution in [0.5, 0.6) is 5.88 Å². The van der Waals surface area contributed by atoms with E-state index in [9.17, 15) is 10.1 Å². The highest BCUT2D eigenvalue weighted by Crippen LogP contribution is 2.35.